The van der Waals surface area contributed by atoms with Gasteiger partial charge in [-0.1, -0.05) is 27.2 Å². The molecular weight excluding hydrogens is 136 g/mol. The minimum Gasteiger partial charge on any atom is -0.393 e. The Hall–Kier alpha value is -0.0400. The van der Waals surface area contributed by atoms with Crippen LogP contribution in [0.1, 0.15) is 46.5 Å². The number of aliphatic hydroxyl groups is 1. The molecule has 1 N–H and O–H groups in total. The van der Waals surface area contributed by atoms with E-state index in [1.807, 2.05) is 0 Å². The third-order valence-corrected chi connectivity index (χ3v) is 3.23. The molecule has 0 saturated heterocycles. The molecular formula is C10H20O. The molecule has 1 heteroatoms. The summed E-state index contributed by atoms with van der Waals surface area (Å²) in [6.45, 7) is 6.56. The summed E-state index contributed by atoms with van der Waals surface area (Å²) in [6.07, 6.45) is 4.67. The summed E-state index contributed by atoms with van der Waals surface area (Å²) >= 11 is 0. The number of hydrogen-bond donors (Lipinski definition) is 1. The highest BCUT2D eigenvalue weighted by atomic mass is 16.3. The maximum absolute atomic E-state index is 9.74. The minimum atomic E-state index is -0.0683. The van der Waals surface area contributed by atoms with Gasteiger partial charge in [0.1, 0.15) is 0 Å². The fourth-order valence-corrected chi connectivity index (χ4v) is 1.87. The first-order valence-corrected chi connectivity index (χ1v) is 4.74. The van der Waals surface area contributed by atoms with Gasteiger partial charge in [0.2, 0.25) is 0 Å². The SMILES string of the molecule is CCC1CCC(C)(C)C(O)C1. The van der Waals surface area contributed by atoms with Gasteiger partial charge in [-0.25, -0.2) is 0 Å². The van der Waals surface area contributed by atoms with Crippen LogP contribution in [0.4, 0.5) is 0 Å². The minimum absolute atomic E-state index is 0.0683. The van der Waals surface area contributed by atoms with Crippen LogP contribution < -0.4 is 0 Å². The second-order valence-electron chi connectivity index (χ2n) is 4.55. The van der Waals surface area contributed by atoms with E-state index in [9.17, 15) is 5.11 Å². The second kappa shape index (κ2) is 3.14. The van der Waals surface area contributed by atoms with E-state index < -0.39 is 0 Å². The van der Waals surface area contributed by atoms with Crippen molar-refractivity contribution in [3.05, 3.63) is 0 Å². The van der Waals surface area contributed by atoms with Crippen molar-refractivity contribution in [1.29, 1.82) is 0 Å². The molecule has 0 radical (unpaired) electrons. The van der Waals surface area contributed by atoms with Gasteiger partial charge in [-0.3, -0.25) is 0 Å². The summed E-state index contributed by atoms with van der Waals surface area (Å²) in [4.78, 5) is 0. The maximum Gasteiger partial charge on any atom is 0.0593 e. The Bertz CT molecular complexity index is 129. The topological polar surface area (TPSA) is 20.2 Å². The Kier molecular flexibility index (Phi) is 2.58. The highest BCUT2D eigenvalue weighted by Gasteiger charge is 2.34. The van der Waals surface area contributed by atoms with Gasteiger partial charge in [0, 0.05) is 0 Å². The van der Waals surface area contributed by atoms with Crippen LogP contribution in [-0.2, 0) is 0 Å². The van der Waals surface area contributed by atoms with Gasteiger partial charge in [-0.2, -0.15) is 0 Å². The van der Waals surface area contributed by atoms with E-state index in [-0.39, 0.29) is 11.5 Å². The van der Waals surface area contributed by atoms with E-state index >= 15 is 0 Å². The summed E-state index contributed by atoms with van der Waals surface area (Å²) in [5.41, 5.74) is 0.172. The molecule has 0 amide bonds. The molecule has 0 aromatic heterocycles. The van der Waals surface area contributed by atoms with Crippen LogP contribution in [0.5, 0.6) is 0 Å². The summed E-state index contributed by atoms with van der Waals surface area (Å²) in [5.74, 6) is 0.776. The average molecular weight is 156 g/mol. The lowest BCUT2D eigenvalue weighted by atomic mass is 9.70. The van der Waals surface area contributed by atoms with Gasteiger partial charge in [0.15, 0.2) is 0 Å². The average Bonchev–Trinajstić information content (AvgIpc) is 1.95. The summed E-state index contributed by atoms with van der Waals surface area (Å²) in [5, 5.41) is 9.74. The van der Waals surface area contributed by atoms with Crippen molar-refractivity contribution in [2.24, 2.45) is 11.3 Å². The van der Waals surface area contributed by atoms with Crippen molar-refractivity contribution in [1.82, 2.24) is 0 Å². The largest absolute Gasteiger partial charge is 0.393 e. The number of aliphatic hydroxyl groups excluding tert-OH is 1. The predicted octanol–water partition coefficient (Wildman–Crippen LogP) is 2.58. The molecule has 1 saturated carbocycles. The first-order valence-electron chi connectivity index (χ1n) is 4.74. The van der Waals surface area contributed by atoms with Gasteiger partial charge in [-0.15, -0.1) is 0 Å². The molecule has 0 aromatic rings. The zero-order valence-electron chi connectivity index (χ0n) is 7.93. The van der Waals surface area contributed by atoms with Crippen LogP contribution in [0, 0.1) is 11.3 Å². The van der Waals surface area contributed by atoms with Crippen molar-refractivity contribution in [2.45, 2.75) is 52.6 Å². The van der Waals surface area contributed by atoms with Gasteiger partial charge in [-0.05, 0) is 30.6 Å². The highest BCUT2D eigenvalue weighted by Crippen LogP contribution is 2.39. The molecule has 0 spiro atoms. The Morgan fingerprint density at radius 2 is 2.09 bits per heavy atom. The lowest BCUT2D eigenvalue weighted by molar-refractivity contribution is -0.00873. The molecule has 0 aromatic carbocycles. The van der Waals surface area contributed by atoms with Gasteiger partial charge in [0.05, 0.1) is 6.10 Å². The van der Waals surface area contributed by atoms with E-state index in [1.165, 1.54) is 19.3 Å². The lowest BCUT2D eigenvalue weighted by Gasteiger charge is -2.38. The first-order chi connectivity index (χ1) is 5.06. The third-order valence-electron chi connectivity index (χ3n) is 3.23. The molecule has 1 aliphatic carbocycles. The van der Waals surface area contributed by atoms with Crippen molar-refractivity contribution >= 4 is 0 Å². The molecule has 2 atom stereocenters. The van der Waals surface area contributed by atoms with Crippen molar-refractivity contribution in [2.75, 3.05) is 0 Å². The molecule has 66 valence electrons. The Morgan fingerprint density at radius 1 is 1.45 bits per heavy atom. The highest BCUT2D eigenvalue weighted by molar-refractivity contribution is 4.85. The van der Waals surface area contributed by atoms with E-state index in [0.717, 1.165) is 12.3 Å². The van der Waals surface area contributed by atoms with E-state index in [2.05, 4.69) is 20.8 Å². The van der Waals surface area contributed by atoms with Crippen LogP contribution in [0.15, 0.2) is 0 Å². The molecule has 1 rings (SSSR count). The zero-order chi connectivity index (χ0) is 8.48. The van der Waals surface area contributed by atoms with Crippen molar-refractivity contribution < 1.29 is 5.11 Å². The van der Waals surface area contributed by atoms with Crippen LogP contribution in [0.2, 0.25) is 0 Å². The van der Waals surface area contributed by atoms with Gasteiger partial charge < -0.3 is 5.11 Å². The summed E-state index contributed by atoms with van der Waals surface area (Å²) in [6, 6.07) is 0. The summed E-state index contributed by atoms with van der Waals surface area (Å²) < 4.78 is 0. The normalized spacial score (nSPS) is 37.1. The van der Waals surface area contributed by atoms with Crippen LogP contribution in [-0.4, -0.2) is 11.2 Å². The van der Waals surface area contributed by atoms with Crippen LogP contribution in [0.25, 0.3) is 0 Å². The fraction of sp³-hybridized carbons (Fsp3) is 1.00. The third kappa shape index (κ3) is 1.96. The predicted molar refractivity (Wildman–Crippen MR) is 47.4 cm³/mol. The molecule has 0 bridgehead atoms. The Balaban J connectivity index is 2.48. The fourth-order valence-electron chi connectivity index (χ4n) is 1.87. The van der Waals surface area contributed by atoms with Crippen LogP contribution in [0.3, 0.4) is 0 Å². The first kappa shape index (κ1) is 9.05. The number of rotatable bonds is 1. The van der Waals surface area contributed by atoms with Gasteiger partial charge in [0.25, 0.3) is 0 Å². The number of hydrogen-bond acceptors (Lipinski definition) is 1. The lowest BCUT2D eigenvalue weighted by Crippen LogP contribution is -2.35. The van der Waals surface area contributed by atoms with E-state index in [4.69, 9.17) is 0 Å². The molecule has 1 fully saturated rings. The van der Waals surface area contributed by atoms with Crippen molar-refractivity contribution in [3.8, 4) is 0 Å². The second-order valence-corrected chi connectivity index (χ2v) is 4.55. The molecule has 0 aliphatic heterocycles. The smallest absolute Gasteiger partial charge is 0.0593 e. The van der Waals surface area contributed by atoms with Crippen molar-refractivity contribution in [3.63, 3.8) is 0 Å². The zero-order valence-corrected chi connectivity index (χ0v) is 7.93. The monoisotopic (exact) mass is 156 g/mol. The maximum atomic E-state index is 9.74. The molecule has 1 aliphatic rings. The van der Waals surface area contributed by atoms with E-state index in [1.54, 1.807) is 0 Å². The Labute approximate surface area is 69.8 Å². The van der Waals surface area contributed by atoms with Gasteiger partial charge >= 0.3 is 0 Å². The molecule has 1 nitrogen and oxygen atoms in total. The molecule has 2 unspecified atom stereocenters. The van der Waals surface area contributed by atoms with E-state index in [0.29, 0.717) is 0 Å². The van der Waals surface area contributed by atoms with Crippen LogP contribution >= 0.6 is 0 Å². The summed E-state index contributed by atoms with van der Waals surface area (Å²) in [7, 11) is 0. The molecule has 0 heterocycles. The quantitative estimate of drug-likeness (QED) is 0.618. The Morgan fingerprint density at radius 3 is 2.55 bits per heavy atom. The molecule has 11 heavy (non-hydrogen) atoms. The standard InChI is InChI=1S/C10H20O/c1-4-8-5-6-10(2,3)9(11)7-8/h8-9,11H,4-7H2,1-3H3.